The van der Waals surface area contributed by atoms with E-state index in [1.807, 2.05) is 36.4 Å². The number of benzene rings is 3. The van der Waals surface area contributed by atoms with E-state index < -0.39 is 4.65 Å². The molecule has 0 unspecified atom stereocenters. The second-order valence-electron chi connectivity index (χ2n) is 6.85. The van der Waals surface area contributed by atoms with Gasteiger partial charge in [-0.25, -0.2) is 4.99 Å². The van der Waals surface area contributed by atoms with Crippen LogP contribution in [0.1, 0.15) is 11.1 Å². The van der Waals surface area contributed by atoms with Crippen molar-refractivity contribution in [1.82, 2.24) is 4.65 Å². The summed E-state index contributed by atoms with van der Waals surface area (Å²) >= 11 is 0. The van der Waals surface area contributed by atoms with E-state index in [4.69, 9.17) is 4.99 Å². The molecule has 0 atom stereocenters. The topological polar surface area (TPSA) is 75.9 Å². The Morgan fingerprint density at radius 2 is 1.14 bits per heavy atom. The Kier molecular flexibility index (Phi) is 5.07. The molecule has 0 spiro atoms. The van der Waals surface area contributed by atoms with Crippen LogP contribution in [0.15, 0.2) is 77.8 Å². The minimum Gasteiger partial charge on any atom is -0.627 e. The molecule has 0 aromatic heterocycles. The van der Waals surface area contributed by atoms with Gasteiger partial charge in [0, 0.05) is 23.3 Å². The molecule has 28 heavy (non-hydrogen) atoms. The van der Waals surface area contributed by atoms with Gasteiger partial charge in [-0.15, -0.1) is 0 Å². The Morgan fingerprint density at radius 1 is 0.679 bits per heavy atom. The van der Waals surface area contributed by atoms with Crippen LogP contribution in [0.5, 0.6) is 0 Å². The average molecular weight is 374 g/mol. The maximum Gasteiger partial charge on any atom is 0.133 e. The summed E-state index contributed by atoms with van der Waals surface area (Å²) in [5, 5.41) is 31.3. The summed E-state index contributed by atoms with van der Waals surface area (Å²) in [5.41, 5.74) is 6.73. The van der Waals surface area contributed by atoms with Gasteiger partial charge in [0.25, 0.3) is 0 Å². The second-order valence-corrected chi connectivity index (χ2v) is 6.85. The quantitative estimate of drug-likeness (QED) is 0.400. The van der Waals surface area contributed by atoms with E-state index in [-0.39, 0.29) is 26.3 Å². The zero-order chi connectivity index (χ0) is 19.6. The van der Waals surface area contributed by atoms with Gasteiger partial charge in [-0.3, -0.25) is 0 Å². The largest absolute Gasteiger partial charge is 0.627 e. The smallest absolute Gasteiger partial charge is 0.133 e. The molecule has 0 saturated carbocycles. The molecule has 142 valence electrons. The molecule has 0 saturated heterocycles. The SMILES string of the molecule is [O-][N+](CCO)(CCO)c1ccc(N=C2c3ccccc3-c3ccccc32)cc1. The highest BCUT2D eigenvalue weighted by atomic mass is 16.5. The van der Waals surface area contributed by atoms with Crippen molar-refractivity contribution < 1.29 is 10.2 Å². The number of aliphatic hydroxyl groups is 2. The molecule has 3 aromatic carbocycles. The fourth-order valence-electron chi connectivity index (χ4n) is 3.74. The third kappa shape index (κ3) is 3.25. The van der Waals surface area contributed by atoms with E-state index in [9.17, 15) is 15.4 Å². The van der Waals surface area contributed by atoms with Crippen molar-refractivity contribution in [3.05, 3.63) is 89.1 Å². The number of nitrogens with zero attached hydrogens (tertiary/aromatic N) is 2. The summed E-state index contributed by atoms with van der Waals surface area (Å²) in [6.45, 7) is -0.452. The summed E-state index contributed by atoms with van der Waals surface area (Å²) in [6.07, 6.45) is 0. The van der Waals surface area contributed by atoms with Gasteiger partial charge in [0.15, 0.2) is 0 Å². The van der Waals surface area contributed by atoms with Crippen molar-refractivity contribution in [2.24, 2.45) is 4.99 Å². The summed E-state index contributed by atoms with van der Waals surface area (Å²) < 4.78 is -0.754. The van der Waals surface area contributed by atoms with E-state index in [0.29, 0.717) is 5.69 Å². The van der Waals surface area contributed by atoms with Crippen LogP contribution in [-0.4, -0.2) is 42.2 Å². The van der Waals surface area contributed by atoms with Gasteiger partial charge in [-0.05, 0) is 23.3 Å². The fourth-order valence-corrected chi connectivity index (χ4v) is 3.74. The van der Waals surface area contributed by atoms with E-state index in [1.165, 1.54) is 11.1 Å². The number of hydroxylamine groups is 2. The zero-order valence-corrected chi connectivity index (χ0v) is 15.5. The molecule has 1 aliphatic carbocycles. The Labute approximate surface area is 164 Å². The lowest BCUT2D eigenvalue weighted by molar-refractivity contribution is 0.200. The first-order chi connectivity index (χ1) is 13.7. The van der Waals surface area contributed by atoms with E-state index >= 15 is 0 Å². The van der Waals surface area contributed by atoms with Crippen molar-refractivity contribution >= 4 is 17.1 Å². The standard InChI is InChI=1S/C23H22N2O3/c26-15-13-25(28,14-16-27)18-11-9-17(10-12-18)24-23-21-7-3-1-5-19(21)20-6-2-4-8-22(20)23/h1-12,26-27H,13-16H2. The number of quaternary nitrogens is 1. The highest BCUT2D eigenvalue weighted by Crippen LogP contribution is 2.38. The maximum absolute atomic E-state index is 12.9. The third-order valence-corrected chi connectivity index (χ3v) is 5.14. The van der Waals surface area contributed by atoms with Crippen LogP contribution in [0, 0.1) is 5.21 Å². The lowest BCUT2D eigenvalue weighted by Gasteiger charge is -2.41. The molecular weight excluding hydrogens is 352 g/mol. The lowest BCUT2D eigenvalue weighted by atomic mass is 10.1. The molecule has 0 radical (unpaired) electrons. The molecule has 3 aromatic rings. The summed E-state index contributed by atoms with van der Waals surface area (Å²) in [5.74, 6) is 0. The fraction of sp³-hybridized carbons (Fsp3) is 0.174. The molecule has 5 nitrogen and oxygen atoms in total. The van der Waals surface area contributed by atoms with Gasteiger partial charge < -0.3 is 20.1 Å². The van der Waals surface area contributed by atoms with Crippen LogP contribution < -0.4 is 4.65 Å². The van der Waals surface area contributed by atoms with Crippen molar-refractivity contribution in [3.63, 3.8) is 0 Å². The third-order valence-electron chi connectivity index (χ3n) is 5.14. The van der Waals surface area contributed by atoms with E-state index in [2.05, 4.69) is 24.3 Å². The van der Waals surface area contributed by atoms with Crippen LogP contribution in [0.3, 0.4) is 0 Å². The van der Waals surface area contributed by atoms with Crippen LogP contribution in [0.4, 0.5) is 11.4 Å². The second kappa shape index (κ2) is 7.66. The Balaban J connectivity index is 1.72. The van der Waals surface area contributed by atoms with Crippen LogP contribution in [0.2, 0.25) is 0 Å². The first kappa shape index (κ1) is 18.5. The van der Waals surface area contributed by atoms with Gasteiger partial charge in [0.1, 0.15) is 18.8 Å². The molecule has 0 amide bonds. The van der Waals surface area contributed by atoms with Crippen molar-refractivity contribution in [1.29, 1.82) is 0 Å². The number of aliphatic imine (C=N–C) groups is 1. The predicted molar refractivity (Wildman–Crippen MR) is 113 cm³/mol. The first-order valence-corrected chi connectivity index (χ1v) is 9.34. The van der Waals surface area contributed by atoms with Gasteiger partial charge in [-0.2, -0.15) is 0 Å². The predicted octanol–water partition coefficient (Wildman–Crippen LogP) is 3.63. The number of rotatable bonds is 6. The van der Waals surface area contributed by atoms with Crippen molar-refractivity contribution in [2.45, 2.75) is 0 Å². The Hall–Kier alpha value is -2.83. The number of fused-ring (bicyclic) bond motifs is 3. The summed E-state index contributed by atoms with van der Waals surface area (Å²) in [6, 6.07) is 23.5. The molecule has 2 N–H and O–H groups in total. The maximum atomic E-state index is 12.9. The van der Waals surface area contributed by atoms with E-state index in [1.54, 1.807) is 12.1 Å². The molecule has 0 aliphatic heterocycles. The van der Waals surface area contributed by atoms with Crippen molar-refractivity contribution in [3.8, 4) is 11.1 Å². The van der Waals surface area contributed by atoms with Gasteiger partial charge >= 0.3 is 0 Å². The number of hydrogen-bond donors (Lipinski definition) is 2. The molecule has 5 heteroatoms. The summed E-state index contributed by atoms with van der Waals surface area (Å²) in [4.78, 5) is 4.86. The van der Waals surface area contributed by atoms with Crippen LogP contribution in [0.25, 0.3) is 11.1 Å². The first-order valence-electron chi connectivity index (χ1n) is 9.34. The Morgan fingerprint density at radius 3 is 1.61 bits per heavy atom. The molecular formula is C23H22N2O3. The zero-order valence-electron chi connectivity index (χ0n) is 15.5. The van der Waals surface area contributed by atoms with Gasteiger partial charge in [-0.1, -0.05) is 48.5 Å². The molecule has 1 aliphatic rings. The van der Waals surface area contributed by atoms with Gasteiger partial charge in [0.05, 0.1) is 24.6 Å². The average Bonchev–Trinajstić information content (AvgIpc) is 3.03. The van der Waals surface area contributed by atoms with E-state index in [0.717, 1.165) is 22.5 Å². The summed E-state index contributed by atoms with van der Waals surface area (Å²) in [7, 11) is 0. The molecule has 0 bridgehead atoms. The normalized spacial score (nSPS) is 12.6. The van der Waals surface area contributed by atoms with Crippen LogP contribution in [-0.2, 0) is 0 Å². The minimum atomic E-state index is -0.754. The molecule has 4 rings (SSSR count). The Bertz CT molecular complexity index is 959. The van der Waals surface area contributed by atoms with Crippen LogP contribution >= 0.6 is 0 Å². The highest BCUT2D eigenvalue weighted by Gasteiger charge is 2.24. The number of hydrogen-bond acceptors (Lipinski definition) is 4. The minimum absolute atomic E-state index is 0.00910. The monoisotopic (exact) mass is 374 g/mol. The number of aliphatic hydroxyl groups excluding tert-OH is 2. The lowest BCUT2D eigenvalue weighted by Crippen LogP contribution is -2.47. The molecule has 0 fully saturated rings. The van der Waals surface area contributed by atoms with Gasteiger partial charge in [0.2, 0.25) is 0 Å². The molecule has 0 heterocycles. The highest BCUT2D eigenvalue weighted by molar-refractivity contribution is 6.25. The van der Waals surface area contributed by atoms with Crippen molar-refractivity contribution in [2.75, 3.05) is 26.3 Å².